The summed E-state index contributed by atoms with van der Waals surface area (Å²) in [5.74, 6) is 0. The maximum absolute atomic E-state index is 2.33. The second-order valence-electron chi connectivity index (χ2n) is 8.90. The summed E-state index contributed by atoms with van der Waals surface area (Å²) in [4.78, 5) is 0. The molecule has 0 nitrogen and oxygen atoms in total. The van der Waals surface area contributed by atoms with Crippen molar-refractivity contribution in [2.45, 2.75) is 123 Å². The minimum Gasteiger partial charge on any atom is -0.0654 e. The Balaban J connectivity index is 1.99. The lowest BCUT2D eigenvalue weighted by Gasteiger charge is -2.22. The van der Waals surface area contributed by atoms with Crippen LogP contribution >= 0.6 is 0 Å². The van der Waals surface area contributed by atoms with Crippen LogP contribution in [0.5, 0.6) is 0 Å². The van der Waals surface area contributed by atoms with Crippen molar-refractivity contribution in [3.63, 3.8) is 0 Å². The summed E-state index contributed by atoms with van der Waals surface area (Å²) < 4.78 is 0. The third-order valence-corrected chi connectivity index (χ3v) is 5.38. The maximum Gasteiger partial charge on any atom is -0.0129 e. The molecule has 0 N–H and O–H groups in total. The van der Waals surface area contributed by atoms with E-state index in [1.165, 1.54) is 95.5 Å². The molecule has 0 aromatic heterocycles. The standard InChI is InChI=1S/C25H44/c1-5-6-7-8-9-10-11-12-13-14-15-16-17-20-23-21-18-19-22-24(23)25(2,3)4/h18-19,21-22H,5-17,20H2,1-4H3. The Morgan fingerprint density at radius 3 is 1.52 bits per heavy atom. The van der Waals surface area contributed by atoms with Gasteiger partial charge >= 0.3 is 0 Å². The van der Waals surface area contributed by atoms with Gasteiger partial charge in [-0.1, -0.05) is 129 Å². The van der Waals surface area contributed by atoms with Crippen molar-refractivity contribution < 1.29 is 0 Å². The smallest absolute Gasteiger partial charge is 0.0129 e. The average molecular weight is 345 g/mol. The molecule has 0 radical (unpaired) electrons. The van der Waals surface area contributed by atoms with E-state index in [2.05, 4.69) is 52.0 Å². The Bertz CT molecular complexity index is 424. The molecule has 0 atom stereocenters. The second-order valence-corrected chi connectivity index (χ2v) is 8.90. The molecule has 0 aliphatic carbocycles. The summed E-state index contributed by atoms with van der Waals surface area (Å²) >= 11 is 0. The zero-order valence-electron chi connectivity index (χ0n) is 17.7. The van der Waals surface area contributed by atoms with Crippen molar-refractivity contribution in [2.24, 2.45) is 0 Å². The van der Waals surface area contributed by atoms with Crippen molar-refractivity contribution in [3.05, 3.63) is 35.4 Å². The normalized spacial score (nSPS) is 11.8. The van der Waals surface area contributed by atoms with Gasteiger partial charge in [0.1, 0.15) is 0 Å². The van der Waals surface area contributed by atoms with E-state index in [1.54, 1.807) is 5.56 Å². The van der Waals surface area contributed by atoms with Crippen LogP contribution in [0.1, 0.15) is 122 Å². The lowest BCUT2D eigenvalue weighted by Crippen LogP contribution is -2.14. The highest BCUT2D eigenvalue weighted by Gasteiger charge is 2.16. The maximum atomic E-state index is 2.33. The second kappa shape index (κ2) is 13.4. The number of rotatable bonds is 14. The quantitative estimate of drug-likeness (QED) is 0.296. The molecule has 0 heteroatoms. The molecule has 0 aliphatic heterocycles. The van der Waals surface area contributed by atoms with Crippen molar-refractivity contribution in [2.75, 3.05) is 0 Å². The number of benzene rings is 1. The van der Waals surface area contributed by atoms with E-state index in [0.29, 0.717) is 0 Å². The Hall–Kier alpha value is -0.780. The molecule has 0 unspecified atom stereocenters. The van der Waals surface area contributed by atoms with E-state index in [4.69, 9.17) is 0 Å². The topological polar surface area (TPSA) is 0 Å². The SMILES string of the molecule is CCCCCCCCCCCCCCCc1ccccc1C(C)(C)C. The van der Waals surface area contributed by atoms with Gasteiger partial charge in [-0.05, 0) is 29.4 Å². The molecule has 144 valence electrons. The van der Waals surface area contributed by atoms with Gasteiger partial charge in [0.25, 0.3) is 0 Å². The van der Waals surface area contributed by atoms with Crippen molar-refractivity contribution in [3.8, 4) is 0 Å². The summed E-state index contributed by atoms with van der Waals surface area (Å²) in [7, 11) is 0. The fourth-order valence-electron chi connectivity index (χ4n) is 3.80. The average Bonchev–Trinajstić information content (AvgIpc) is 2.58. The monoisotopic (exact) mass is 344 g/mol. The van der Waals surface area contributed by atoms with Gasteiger partial charge in [-0.25, -0.2) is 0 Å². The number of aryl methyl sites for hydroxylation is 1. The molecular weight excluding hydrogens is 300 g/mol. The zero-order chi connectivity index (χ0) is 18.4. The van der Waals surface area contributed by atoms with Crippen LogP contribution in [0.2, 0.25) is 0 Å². The van der Waals surface area contributed by atoms with Crippen LogP contribution in [-0.4, -0.2) is 0 Å². The van der Waals surface area contributed by atoms with E-state index in [1.807, 2.05) is 0 Å². The Morgan fingerprint density at radius 2 is 1.04 bits per heavy atom. The van der Waals surface area contributed by atoms with Crippen LogP contribution in [0.25, 0.3) is 0 Å². The highest BCUT2D eigenvalue weighted by molar-refractivity contribution is 5.32. The van der Waals surface area contributed by atoms with Crippen LogP contribution in [0.3, 0.4) is 0 Å². The summed E-state index contributed by atoms with van der Waals surface area (Å²) in [6.45, 7) is 9.28. The predicted molar refractivity (Wildman–Crippen MR) is 115 cm³/mol. The molecule has 1 aromatic carbocycles. The Kier molecular flexibility index (Phi) is 12.0. The third kappa shape index (κ3) is 10.7. The molecular formula is C25H44. The molecule has 1 aromatic rings. The molecule has 0 saturated heterocycles. The fourth-order valence-corrected chi connectivity index (χ4v) is 3.80. The predicted octanol–water partition coefficient (Wildman–Crippen LogP) is 8.62. The molecule has 0 saturated carbocycles. The van der Waals surface area contributed by atoms with Crippen molar-refractivity contribution in [1.29, 1.82) is 0 Å². The first-order chi connectivity index (χ1) is 12.1. The van der Waals surface area contributed by atoms with E-state index in [-0.39, 0.29) is 5.41 Å². The van der Waals surface area contributed by atoms with Crippen molar-refractivity contribution >= 4 is 0 Å². The highest BCUT2D eigenvalue weighted by atomic mass is 14.2. The van der Waals surface area contributed by atoms with Crippen LogP contribution in [-0.2, 0) is 11.8 Å². The van der Waals surface area contributed by atoms with Gasteiger partial charge in [0.05, 0.1) is 0 Å². The highest BCUT2D eigenvalue weighted by Crippen LogP contribution is 2.27. The summed E-state index contributed by atoms with van der Waals surface area (Å²) in [6.07, 6.45) is 19.9. The molecule has 0 heterocycles. The lowest BCUT2D eigenvalue weighted by atomic mass is 9.82. The van der Waals surface area contributed by atoms with E-state index in [0.717, 1.165) is 0 Å². The van der Waals surface area contributed by atoms with E-state index in [9.17, 15) is 0 Å². The first-order valence-corrected chi connectivity index (χ1v) is 11.1. The van der Waals surface area contributed by atoms with Gasteiger partial charge in [-0.2, -0.15) is 0 Å². The van der Waals surface area contributed by atoms with Gasteiger partial charge < -0.3 is 0 Å². The summed E-state index contributed by atoms with van der Waals surface area (Å²) in [6, 6.07) is 9.04. The van der Waals surface area contributed by atoms with E-state index < -0.39 is 0 Å². The molecule has 0 fully saturated rings. The number of hydrogen-bond acceptors (Lipinski definition) is 0. The summed E-state index contributed by atoms with van der Waals surface area (Å²) in [5, 5.41) is 0. The van der Waals surface area contributed by atoms with Gasteiger partial charge in [0.15, 0.2) is 0 Å². The zero-order valence-corrected chi connectivity index (χ0v) is 17.7. The minimum absolute atomic E-state index is 0.271. The molecule has 0 bridgehead atoms. The molecule has 0 spiro atoms. The van der Waals surface area contributed by atoms with Crippen LogP contribution < -0.4 is 0 Å². The first-order valence-electron chi connectivity index (χ1n) is 11.1. The Morgan fingerprint density at radius 1 is 0.600 bits per heavy atom. The molecule has 0 aliphatic rings. The van der Waals surface area contributed by atoms with Crippen LogP contribution in [0.4, 0.5) is 0 Å². The molecule has 25 heavy (non-hydrogen) atoms. The first kappa shape index (κ1) is 22.3. The van der Waals surface area contributed by atoms with Crippen LogP contribution in [0.15, 0.2) is 24.3 Å². The van der Waals surface area contributed by atoms with Gasteiger partial charge in [-0.15, -0.1) is 0 Å². The van der Waals surface area contributed by atoms with E-state index >= 15 is 0 Å². The van der Waals surface area contributed by atoms with Crippen molar-refractivity contribution in [1.82, 2.24) is 0 Å². The Labute approximate surface area is 158 Å². The van der Waals surface area contributed by atoms with Gasteiger partial charge in [0, 0.05) is 0 Å². The third-order valence-electron chi connectivity index (χ3n) is 5.38. The van der Waals surface area contributed by atoms with Gasteiger partial charge in [-0.3, -0.25) is 0 Å². The van der Waals surface area contributed by atoms with Crippen LogP contribution in [0, 0.1) is 0 Å². The number of hydrogen-bond donors (Lipinski definition) is 0. The molecule has 0 amide bonds. The lowest BCUT2D eigenvalue weighted by molar-refractivity contribution is 0.537. The fraction of sp³-hybridized carbons (Fsp3) is 0.760. The largest absolute Gasteiger partial charge is 0.0654 e. The molecule has 1 rings (SSSR count). The summed E-state index contributed by atoms with van der Waals surface area (Å²) in [5.41, 5.74) is 3.37. The van der Waals surface area contributed by atoms with Gasteiger partial charge in [0.2, 0.25) is 0 Å². The minimum atomic E-state index is 0.271. The number of unbranched alkanes of at least 4 members (excludes halogenated alkanes) is 12.